The van der Waals surface area contributed by atoms with Gasteiger partial charge in [0.2, 0.25) is 0 Å². The van der Waals surface area contributed by atoms with E-state index in [0.29, 0.717) is 5.56 Å². The van der Waals surface area contributed by atoms with E-state index in [1.807, 2.05) is 43.3 Å². The molecule has 0 unspecified atom stereocenters. The first-order valence-electron chi connectivity index (χ1n) is 8.06. The zero-order chi connectivity index (χ0) is 16.9. The first-order chi connectivity index (χ1) is 11.7. The Morgan fingerprint density at radius 2 is 1.83 bits per heavy atom. The second-order valence-electron chi connectivity index (χ2n) is 5.78. The van der Waals surface area contributed by atoms with Crippen molar-refractivity contribution in [3.63, 3.8) is 0 Å². The molecule has 24 heavy (non-hydrogen) atoms. The summed E-state index contributed by atoms with van der Waals surface area (Å²) in [6.45, 7) is 5.24. The SMILES string of the molecule is COc1ccc(C(=O)Nc2ccc(N3CCOCC3)cc2)cc1C. The first-order valence-corrected chi connectivity index (χ1v) is 8.06. The minimum Gasteiger partial charge on any atom is -0.496 e. The molecule has 2 aromatic rings. The molecule has 1 aliphatic heterocycles. The Bertz CT molecular complexity index is 707. The van der Waals surface area contributed by atoms with E-state index in [-0.39, 0.29) is 5.91 Å². The van der Waals surface area contributed by atoms with Crippen LogP contribution in [0.25, 0.3) is 0 Å². The summed E-state index contributed by atoms with van der Waals surface area (Å²) in [6, 6.07) is 13.3. The second kappa shape index (κ2) is 7.36. The van der Waals surface area contributed by atoms with Crippen LogP contribution in [0.2, 0.25) is 0 Å². The predicted molar refractivity (Wildman–Crippen MR) is 95.2 cm³/mol. The molecule has 0 bridgehead atoms. The number of nitrogens with one attached hydrogen (secondary N) is 1. The summed E-state index contributed by atoms with van der Waals surface area (Å²) in [7, 11) is 1.62. The summed E-state index contributed by atoms with van der Waals surface area (Å²) in [4.78, 5) is 14.7. The fourth-order valence-corrected chi connectivity index (χ4v) is 2.80. The van der Waals surface area contributed by atoms with Crippen LogP contribution in [0.1, 0.15) is 15.9 Å². The van der Waals surface area contributed by atoms with Crippen molar-refractivity contribution in [1.29, 1.82) is 0 Å². The molecule has 0 aliphatic carbocycles. The third kappa shape index (κ3) is 3.68. The molecule has 3 rings (SSSR count). The van der Waals surface area contributed by atoms with Crippen LogP contribution in [-0.2, 0) is 4.74 Å². The maximum atomic E-state index is 12.4. The van der Waals surface area contributed by atoms with Gasteiger partial charge in [-0.15, -0.1) is 0 Å². The Balaban J connectivity index is 1.67. The molecule has 2 aromatic carbocycles. The molecule has 0 spiro atoms. The van der Waals surface area contributed by atoms with Crippen LogP contribution in [0, 0.1) is 6.92 Å². The van der Waals surface area contributed by atoms with Gasteiger partial charge in [-0.2, -0.15) is 0 Å². The number of hydrogen-bond donors (Lipinski definition) is 1. The normalized spacial score (nSPS) is 14.3. The van der Waals surface area contributed by atoms with E-state index in [4.69, 9.17) is 9.47 Å². The molecule has 126 valence electrons. The minimum atomic E-state index is -0.125. The average molecular weight is 326 g/mol. The highest BCUT2D eigenvalue weighted by atomic mass is 16.5. The van der Waals surface area contributed by atoms with E-state index in [0.717, 1.165) is 49.0 Å². The summed E-state index contributed by atoms with van der Waals surface area (Å²) in [5, 5.41) is 2.93. The fraction of sp³-hybridized carbons (Fsp3) is 0.316. The molecule has 0 radical (unpaired) electrons. The van der Waals surface area contributed by atoms with Gasteiger partial charge in [0.05, 0.1) is 20.3 Å². The number of carbonyl (C=O) groups excluding carboxylic acids is 1. The zero-order valence-electron chi connectivity index (χ0n) is 14.0. The Morgan fingerprint density at radius 1 is 1.12 bits per heavy atom. The molecule has 0 saturated carbocycles. The van der Waals surface area contributed by atoms with Crippen LogP contribution < -0.4 is 15.0 Å². The van der Waals surface area contributed by atoms with Crippen molar-refractivity contribution in [2.45, 2.75) is 6.92 Å². The van der Waals surface area contributed by atoms with Gasteiger partial charge in [0, 0.05) is 30.0 Å². The average Bonchev–Trinajstić information content (AvgIpc) is 2.63. The highest BCUT2D eigenvalue weighted by Gasteiger charge is 2.12. The number of amides is 1. The van der Waals surface area contributed by atoms with Crippen molar-refractivity contribution in [3.05, 3.63) is 53.6 Å². The van der Waals surface area contributed by atoms with E-state index >= 15 is 0 Å². The largest absolute Gasteiger partial charge is 0.496 e. The number of hydrogen-bond acceptors (Lipinski definition) is 4. The van der Waals surface area contributed by atoms with Gasteiger partial charge >= 0.3 is 0 Å². The second-order valence-corrected chi connectivity index (χ2v) is 5.78. The van der Waals surface area contributed by atoms with E-state index in [1.54, 1.807) is 13.2 Å². The zero-order valence-corrected chi connectivity index (χ0v) is 14.0. The number of rotatable bonds is 4. The van der Waals surface area contributed by atoms with Gasteiger partial charge in [-0.05, 0) is 55.0 Å². The third-order valence-electron chi connectivity index (χ3n) is 4.16. The number of ether oxygens (including phenoxy) is 2. The van der Waals surface area contributed by atoms with Crippen molar-refractivity contribution in [1.82, 2.24) is 0 Å². The van der Waals surface area contributed by atoms with Gasteiger partial charge in [0.15, 0.2) is 0 Å². The maximum absolute atomic E-state index is 12.4. The van der Waals surface area contributed by atoms with Crippen LogP contribution >= 0.6 is 0 Å². The highest BCUT2D eigenvalue weighted by Crippen LogP contribution is 2.21. The summed E-state index contributed by atoms with van der Waals surface area (Å²) in [5.41, 5.74) is 3.49. The van der Waals surface area contributed by atoms with Crippen LogP contribution in [0.15, 0.2) is 42.5 Å². The monoisotopic (exact) mass is 326 g/mol. The van der Waals surface area contributed by atoms with E-state index in [1.165, 1.54) is 0 Å². The Kier molecular flexibility index (Phi) is 5.01. The van der Waals surface area contributed by atoms with Crippen LogP contribution in [0.4, 0.5) is 11.4 Å². The molecule has 5 heteroatoms. The standard InChI is InChI=1S/C19H22N2O3/c1-14-13-15(3-8-18(14)23-2)19(22)20-16-4-6-17(7-5-16)21-9-11-24-12-10-21/h3-8,13H,9-12H2,1-2H3,(H,20,22). The van der Waals surface area contributed by atoms with Gasteiger partial charge in [0.25, 0.3) is 5.91 Å². The summed E-state index contributed by atoms with van der Waals surface area (Å²) >= 11 is 0. The molecule has 1 amide bonds. The quantitative estimate of drug-likeness (QED) is 0.938. The minimum absolute atomic E-state index is 0.125. The molecule has 0 atom stereocenters. The van der Waals surface area contributed by atoms with E-state index in [9.17, 15) is 4.79 Å². The lowest BCUT2D eigenvalue weighted by Crippen LogP contribution is -2.36. The predicted octanol–water partition coefficient (Wildman–Crippen LogP) is 3.09. The number of anilines is 2. The van der Waals surface area contributed by atoms with Gasteiger partial charge in [-0.25, -0.2) is 0 Å². The van der Waals surface area contributed by atoms with Gasteiger partial charge in [-0.1, -0.05) is 0 Å². The molecule has 5 nitrogen and oxygen atoms in total. The molecular weight excluding hydrogens is 304 g/mol. The number of carbonyl (C=O) groups is 1. The summed E-state index contributed by atoms with van der Waals surface area (Å²) in [5.74, 6) is 0.654. The van der Waals surface area contributed by atoms with Gasteiger partial charge in [0.1, 0.15) is 5.75 Å². The Morgan fingerprint density at radius 3 is 2.46 bits per heavy atom. The maximum Gasteiger partial charge on any atom is 0.255 e. The first kappa shape index (κ1) is 16.3. The number of benzene rings is 2. The molecule has 1 heterocycles. The van der Waals surface area contributed by atoms with Crippen LogP contribution in [0.5, 0.6) is 5.75 Å². The van der Waals surface area contributed by atoms with Crippen molar-refractivity contribution in [3.8, 4) is 5.75 Å². The molecular formula is C19H22N2O3. The lowest BCUT2D eigenvalue weighted by Gasteiger charge is -2.28. The molecule has 1 fully saturated rings. The Hall–Kier alpha value is -2.53. The van der Waals surface area contributed by atoms with E-state index in [2.05, 4.69) is 10.2 Å². The van der Waals surface area contributed by atoms with Gasteiger partial charge in [-0.3, -0.25) is 4.79 Å². The summed E-state index contributed by atoms with van der Waals surface area (Å²) < 4.78 is 10.6. The number of morpholine rings is 1. The molecule has 0 aromatic heterocycles. The van der Waals surface area contributed by atoms with Crippen molar-refractivity contribution >= 4 is 17.3 Å². The topological polar surface area (TPSA) is 50.8 Å². The lowest BCUT2D eigenvalue weighted by molar-refractivity contribution is 0.102. The highest BCUT2D eigenvalue weighted by molar-refractivity contribution is 6.04. The Labute approximate surface area is 142 Å². The number of nitrogens with zero attached hydrogens (tertiary/aromatic N) is 1. The van der Waals surface area contributed by atoms with Crippen molar-refractivity contribution in [2.24, 2.45) is 0 Å². The van der Waals surface area contributed by atoms with Crippen LogP contribution in [-0.4, -0.2) is 39.3 Å². The molecule has 1 saturated heterocycles. The molecule has 1 aliphatic rings. The van der Waals surface area contributed by atoms with Crippen molar-refractivity contribution in [2.75, 3.05) is 43.6 Å². The summed E-state index contributed by atoms with van der Waals surface area (Å²) in [6.07, 6.45) is 0. The molecule has 1 N–H and O–H groups in total. The van der Waals surface area contributed by atoms with Gasteiger partial charge < -0.3 is 19.7 Å². The van der Waals surface area contributed by atoms with E-state index < -0.39 is 0 Å². The lowest BCUT2D eigenvalue weighted by atomic mass is 10.1. The van der Waals surface area contributed by atoms with Crippen LogP contribution in [0.3, 0.4) is 0 Å². The smallest absolute Gasteiger partial charge is 0.255 e. The number of methoxy groups -OCH3 is 1. The fourth-order valence-electron chi connectivity index (χ4n) is 2.80. The number of aryl methyl sites for hydroxylation is 1. The third-order valence-corrected chi connectivity index (χ3v) is 4.16. The van der Waals surface area contributed by atoms with Crippen molar-refractivity contribution < 1.29 is 14.3 Å².